The minimum Gasteiger partial charge on any atom is -0.375 e. The Kier molecular flexibility index (Phi) is 5.82. The molecule has 4 heterocycles. The molecule has 1 amide bonds. The predicted molar refractivity (Wildman–Crippen MR) is 133 cm³/mol. The summed E-state index contributed by atoms with van der Waals surface area (Å²) in [6.45, 7) is 0.628. The van der Waals surface area contributed by atoms with Gasteiger partial charge in [-0.25, -0.2) is 5.32 Å². The van der Waals surface area contributed by atoms with Crippen molar-refractivity contribution in [2.45, 2.75) is 38.1 Å². The predicted octanol–water partition coefficient (Wildman–Crippen LogP) is 3.85. The van der Waals surface area contributed by atoms with Crippen molar-refractivity contribution >= 4 is 38.9 Å². The molecule has 2 aliphatic rings. The molecule has 0 fully saturated rings. The zero-order valence-corrected chi connectivity index (χ0v) is 19.8. The average Bonchev–Trinajstić information content (AvgIpc) is 3.50. The van der Waals surface area contributed by atoms with Crippen molar-refractivity contribution < 1.29 is 27.8 Å². The Hall–Kier alpha value is -3.60. The van der Waals surface area contributed by atoms with Gasteiger partial charge in [-0.2, -0.15) is 13.2 Å². The summed E-state index contributed by atoms with van der Waals surface area (Å²) in [5.41, 5.74) is 4.02. The van der Waals surface area contributed by atoms with E-state index in [4.69, 9.17) is 4.74 Å². The van der Waals surface area contributed by atoms with Gasteiger partial charge >= 0.3 is 6.30 Å². The highest BCUT2D eigenvalue weighted by Crippen LogP contribution is 2.40. The van der Waals surface area contributed by atoms with Crippen molar-refractivity contribution in [2.75, 3.05) is 13.2 Å². The van der Waals surface area contributed by atoms with Crippen molar-refractivity contribution in [3.05, 3.63) is 72.1 Å². The van der Waals surface area contributed by atoms with Crippen LogP contribution in [0.15, 0.2) is 60.9 Å². The molecule has 6 rings (SSSR count). The normalized spacial score (nSPS) is 20.8. The van der Waals surface area contributed by atoms with Crippen molar-refractivity contribution in [3.63, 3.8) is 0 Å². The summed E-state index contributed by atoms with van der Waals surface area (Å²) >= 11 is 0. The SMILES string of the molecule is O=C1NC(O)C2=C1c1cn(c3ccccc13)CCC(CNC(F)(F)F)OCCn1cc2c2ccccc21. The van der Waals surface area contributed by atoms with Crippen LogP contribution in [0.4, 0.5) is 13.2 Å². The summed E-state index contributed by atoms with van der Waals surface area (Å²) in [7, 11) is 0. The van der Waals surface area contributed by atoms with Crippen LogP contribution in [-0.4, -0.2) is 51.9 Å². The van der Waals surface area contributed by atoms with Gasteiger partial charge in [-0.3, -0.25) is 4.79 Å². The highest BCUT2D eigenvalue weighted by atomic mass is 19.4. The zero-order chi connectivity index (χ0) is 25.7. The quantitative estimate of drug-likeness (QED) is 0.358. The number of carbonyl (C=O) groups is 1. The number of para-hydroxylation sites is 2. The van der Waals surface area contributed by atoms with Crippen LogP contribution < -0.4 is 10.6 Å². The molecule has 2 aromatic carbocycles. The smallest absolute Gasteiger partial charge is 0.375 e. The van der Waals surface area contributed by atoms with Crippen molar-refractivity contribution in [2.24, 2.45) is 0 Å². The summed E-state index contributed by atoms with van der Waals surface area (Å²) in [4.78, 5) is 13.2. The number of aromatic nitrogens is 2. The fourth-order valence-electron chi connectivity index (χ4n) is 5.43. The van der Waals surface area contributed by atoms with Crippen molar-refractivity contribution in [1.82, 2.24) is 19.8 Å². The number of aliphatic hydroxyl groups is 1. The van der Waals surface area contributed by atoms with Gasteiger partial charge < -0.3 is 24.3 Å². The summed E-state index contributed by atoms with van der Waals surface area (Å²) in [6, 6.07) is 15.2. The van der Waals surface area contributed by atoms with E-state index in [9.17, 15) is 23.1 Å². The molecule has 3 N–H and O–H groups in total. The summed E-state index contributed by atoms with van der Waals surface area (Å²) in [6.07, 6.45) is -2.30. The molecule has 0 aliphatic carbocycles. The first-order chi connectivity index (χ1) is 17.8. The molecular weight excluding hydrogens is 485 g/mol. The number of nitrogens with one attached hydrogen (secondary N) is 2. The number of carbonyl (C=O) groups excluding carboxylic acids is 1. The lowest BCUT2D eigenvalue weighted by molar-refractivity contribution is -0.162. The molecule has 2 unspecified atom stereocenters. The number of hydrogen-bond acceptors (Lipinski definition) is 4. The Morgan fingerprint density at radius 2 is 1.59 bits per heavy atom. The molecule has 2 aliphatic heterocycles. The maximum Gasteiger partial charge on any atom is 0.457 e. The van der Waals surface area contributed by atoms with Crippen LogP contribution in [0.1, 0.15) is 17.5 Å². The van der Waals surface area contributed by atoms with E-state index in [1.54, 1.807) is 5.32 Å². The number of amides is 1. The van der Waals surface area contributed by atoms with E-state index < -0.39 is 18.6 Å². The Labute approximate surface area is 210 Å². The molecule has 4 bridgehead atoms. The standard InChI is InChI=1S/C27H25F3N4O3/c28-27(29,30)31-13-16-9-10-33-14-19(17-5-1-3-7-21(17)33)23-24(26(36)32-25(23)35)20-15-34(11-12-37-16)22-8-4-2-6-18(20)22/h1-8,14-16,26,31,36H,9-13H2,(H,32,35). The lowest BCUT2D eigenvalue weighted by atomic mass is 9.95. The van der Waals surface area contributed by atoms with Crippen LogP contribution in [0.2, 0.25) is 0 Å². The van der Waals surface area contributed by atoms with E-state index in [0.717, 1.165) is 27.4 Å². The van der Waals surface area contributed by atoms with E-state index >= 15 is 0 Å². The molecule has 10 heteroatoms. The molecular formula is C27H25F3N4O3. The van der Waals surface area contributed by atoms with Crippen LogP contribution >= 0.6 is 0 Å². The number of aryl methyl sites for hydroxylation is 1. The van der Waals surface area contributed by atoms with Gasteiger partial charge in [-0.15, -0.1) is 0 Å². The highest BCUT2D eigenvalue weighted by Gasteiger charge is 2.35. The van der Waals surface area contributed by atoms with E-state index in [1.165, 1.54) is 0 Å². The van der Waals surface area contributed by atoms with Gasteiger partial charge in [0.1, 0.15) is 0 Å². The maximum atomic E-state index is 13.2. The largest absolute Gasteiger partial charge is 0.457 e. The van der Waals surface area contributed by atoms with E-state index in [1.807, 2.05) is 70.1 Å². The van der Waals surface area contributed by atoms with Crippen LogP contribution in [0.25, 0.3) is 33.0 Å². The topological polar surface area (TPSA) is 80.4 Å². The second-order valence-electron chi connectivity index (χ2n) is 9.33. The van der Waals surface area contributed by atoms with Gasteiger partial charge in [0.25, 0.3) is 5.91 Å². The van der Waals surface area contributed by atoms with Crippen LogP contribution in [0.3, 0.4) is 0 Å². The lowest BCUT2D eigenvalue weighted by Gasteiger charge is -2.20. The number of fused-ring (bicyclic) bond motifs is 12. The Morgan fingerprint density at radius 3 is 2.30 bits per heavy atom. The second-order valence-corrected chi connectivity index (χ2v) is 9.33. The van der Waals surface area contributed by atoms with Crippen molar-refractivity contribution in [1.29, 1.82) is 0 Å². The average molecular weight is 511 g/mol. The molecule has 192 valence electrons. The number of halogens is 3. The van der Waals surface area contributed by atoms with Crippen LogP contribution in [-0.2, 0) is 22.6 Å². The Bertz CT molecular complexity index is 1530. The number of rotatable bonds is 2. The third-order valence-corrected chi connectivity index (χ3v) is 7.08. The van der Waals surface area contributed by atoms with Gasteiger partial charge in [0.15, 0.2) is 6.23 Å². The van der Waals surface area contributed by atoms with Gasteiger partial charge in [0.05, 0.1) is 18.3 Å². The lowest BCUT2D eigenvalue weighted by Crippen LogP contribution is -2.39. The summed E-state index contributed by atoms with van der Waals surface area (Å²) in [5.74, 6) is -0.370. The number of benzene rings is 2. The first-order valence-electron chi connectivity index (χ1n) is 12.1. The first kappa shape index (κ1) is 23.8. The second kappa shape index (κ2) is 9.05. The summed E-state index contributed by atoms with van der Waals surface area (Å²) in [5, 5.41) is 16.9. The third kappa shape index (κ3) is 4.30. The van der Waals surface area contributed by atoms with E-state index in [0.29, 0.717) is 36.2 Å². The molecule has 2 aromatic heterocycles. The molecule has 7 nitrogen and oxygen atoms in total. The van der Waals surface area contributed by atoms with E-state index in [2.05, 4.69) is 5.32 Å². The van der Waals surface area contributed by atoms with Gasteiger partial charge in [0, 0.05) is 70.5 Å². The summed E-state index contributed by atoms with van der Waals surface area (Å²) < 4.78 is 48.6. The molecule has 0 spiro atoms. The molecule has 37 heavy (non-hydrogen) atoms. The number of nitrogens with zero attached hydrogens (tertiary/aromatic N) is 2. The number of alkyl halides is 3. The minimum absolute atomic E-state index is 0.200. The first-order valence-corrected chi connectivity index (χ1v) is 12.1. The fraction of sp³-hybridized carbons (Fsp3) is 0.296. The number of hydrogen-bond donors (Lipinski definition) is 3. The fourth-order valence-corrected chi connectivity index (χ4v) is 5.43. The highest BCUT2D eigenvalue weighted by molar-refractivity contribution is 6.33. The maximum absolute atomic E-state index is 13.2. The molecule has 0 radical (unpaired) electrons. The van der Waals surface area contributed by atoms with Crippen molar-refractivity contribution in [3.8, 4) is 0 Å². The number of ether oxygens (including phenoxy) is 1. The molecule has 0 saturated carbocycles. The van der Waals surface area contributed by atoms with Crippen LogP contribution in [0.5, 0.6) is 0 Å². The zero-order valence-electron chi connectivity index (χ0n) is 19.8. The molecule has 0 saturated heterocycles. The molecule has 2 atom stereocenters. The minimum atomic E-state index is -4.50. The van der Waals surface area contributed by atoms with E-state index in [-0.39, 0.29) is 19.1 Å². The Morgan fingerprint density at radius 1 is 0.973 bits per heavy atom. The third-order valence-electron chi connectivity index (χ3n) is 7.08. The van der Waals surface area contributed by atoms with Gasteiger partial charge in [0.2, 0.25) is 0 Å². The van der Waals surface area contributed by atoms with Gasteiger partial charge in [-0.05, 0) is 18.6 Å². The van der Waals surface area contributed by atoms with Crippen LogP contribution in [0, 0.1) is 0 Å². The number of aliphatic hydroxyl groups excluding tert-OH is 1. The molecule has 4 aromatic rings. The monoisotopic (exact) mass is 510 g/mol. The Balaban J connectivity index is 1.55. The van der Waals surface area contributed by atoms with Gasteiger partial charge in [-0.1, -0.05) is 36.4 Å².